The minimum absolute atomic E-state index is 0. The van der Waals surface area contributed by atoms with Crippen molar-refractivity contribution in [2.24, 2.45) is 0 Å². The molecule has 9 heavy (non-hydrogen) atoms. The number of halogens is 1. The molecule has 0 aliphatic heterocycles. The van der Waals surface area contributed by atoms with Gasteiger partial charge in [-0.3, -0.25) is 0 Å². The molecule has 0 aliphatic carbocycles. The van der Waals surface area contributed by atoms with E-state index in [1.165, 1.54) is 0 Å². The van der Waals surface area contributed by atoms with E-state index in [0.717, 1.165) is 11.3 Å². The number of hydrogen-bond acceptors (Lipinski definition) is 1. The summed E-state index contributed by atoms with van der Waals surface area (Å²) >= 11 is 0. The minimum atomic E-state index is 0. The van der Waals surface area contributed by atoms with Crippen molar-refractivity contribution in [3.8, 4) is 0 Å². The van der Waals surface area contributed by atoms with E-state index in [2.05, 4.69) is 0 Å². The quantitative estimate of drug-likeness (QED) is 0.443. The van der Waals surface area contributed by atoms with Crippen molar-refractivity contribution in [3.05, 3.63) is 29.8 Å². The summed E-state index contributed by atoms with van der Waals surface area (Å²) in [6.07, 6.45) is 0. The lowest BCUT2D eigenvalue weighted by Crippen LogP contribution is -3.00. The highest BCUT2D eigenvalue weighted by Crippen LogP contribution is 2.06. The molecule has 2 N–H and O–H groups in total. The topological polar surface area (TPSA) is 26.0 Å². The molecule has 0 saturated carbocycles. The van der Waals surface area contributed by atoms with Gasteiger partial charge < -0.3 is 18.1 Å². The molecule has 50 valence electrons. The molecule has 2 heteroatoms. The molecule has 1 nitrogen and oxygen atoms in total. The average Bonchev–Trinajstić information content (AvgIpc) is 1.77. The van der Waals surface area contributed by atoms with Gasteiger partial charge >= 0.3 is 0 Å². The third-order valence-corrected chi connectivity index (χ3v) is 1.19. The van der Waals surface area contributed by atoms with Crippen molar-refractivity contribution in [1.82, 2.24) is 0 Å². The van der Waals surface area contributed by atoms with Gasteiger partial charge in [-0.15, -0.1) is 0 Å². The smallest absolute Gasteiger partial charge is 0.0343 e. The van der Waals surface area contributed by atoms with E-state index < -0.39 is 0 Å². The summed E-state index contributed by atoms with van der Waals surface area (Å²) in [4.78, 5) is 0. The van der Waals surface area contributed by atoms with Gasteiger partial charge in [0.05, 0.1) is 0 Å². The van der Waals surface area contributed by atoms with Crippen LogP contribution in [0.3, 0.4) is 0 Å². The fraction of sp³-hybridized carbons (Fsp3) is 0.143. The lowest BCUT2D eigenvalue weighted by Gasteiger charge is -1.93. The third-order valence-electron chi connectivity index (χ3n) is 1.19. The van der Waals surface area contributed by atoms with Crippen LogP contribution >= 0.6 is 0 Å². The Balaban J connectivity index is 0.000000640. The first kappa shape index (κ1) is 8.31. The van der Waals surface area contributed by atoms with Gasteiger partial charge in [0.1, 0.15) is 0 Å². The Morgan fingerprint density at radius 2 is 1.78 bits per heavy atom. The third kappa shape index (κ3) is 1.94. The Kier molecular flexibility index (Phi) is 3.10. The zero-order valence-electron chi connectivity index (χ0n) is 5.26. The Labute approximate surface area is 61.3 Å². The van der Waals surface area contributed by atoms with Gasteiger partial charge in [-0.1, -0.05) is 18.2 Å². The second kappa shape index (κ2) is 3.36. The van der Waals surface area contributed by atoms with Crippen LogP contribution in [0.2, 0.25) is 0 Å². The molecule has 0 spiro atoms. The summed E-state index contributed by atoms with van der Waals surface area (Å²) in [6, 6.07) is 7.80. The molecular weight excluding hydrogens is 134 g/mol. The number of benzene rings is 1. The molecular formula is C7H9ClN-. The molecule has 0 unspecified atom stereocenters. The molecule has 0 fully saturated rings. The predicted molar refractivity (Wildman–Crippen MR) is 35.6 cm³/mol. The van der Waals surface area contributed by atoms with Crippen LogP contribution in [0.25, 0.3) is 0 Å². The molecule has 0 heterocycles. The maximum absolute atomic E-state index is 5.52. The fourth-order valence-corrected chi connectivity index (χ4v) is 0.587. The summed E-state index contributed by atoms with van der Waals surface area (Å²) in [5.74, 6) is 0. The van der Waals surface area contributed by atoms with Crippen molar-refractivity contribution in [3.63, 3.8) is 0 Å². The highest BCUT2D eigenvalue weighted by Gasteiger charge is 1.84. The second-order valence-electron chi connectivity index (χ2n) is 1.86. The van der Waals surface area contributed by atoms with Crippen LogP contribution in [-0.4, -0.2) is 0 Å². The first-order chi connectivity index (χ1) is 3.80. The lowest BCUT2D eigenvalue weighted by atomic mass is 10.2. The second-order valence-corrected chi connectivity index (χ2v) is 1.86. The lowest BCUT2D eigenvalue weighted by molar-refractivity contribution is -0.00000173. The number of para-hydroxylation sites is 1. The number of rotatable bonds is 0. The zero-order chi connectivity index (χ0) is 5.98. The Bertz CT molecular complexity index is 165. The van der Waals surface area contributed by atoms with E-state index in [1.807, 2.05) is 31.2 Å². The SMILES string of the molecule is Cc1ccccc1N.[Cl-]. The summed E-state index contributed by atoms with van der Waals surface area (Å²) in [7, 11) is 0. The van der Waals surface area contributed by atoms with E-state index in [-0.39, 0.29) is 12.4 Å². The van der Waals surface area contributed by atoms with Gasteiger partial charge in [-0.25, -0.2) is 0 Å². The van der Waals surface area contributed by atoms with Crippen molar-refractivity contribution in [2.75, 3.05) is 5.73 Å². The van der Waals surface area contributed by atoms with Crippen LogP contribution in [0.15, 0.2) is 24.3 Å². The largest absolute Gasteiger partial charge is 1.00 e. The van der Waals surface area contributed by atoms with Crippen LogP contribution < -0.4 is 18.1 Å². The maximum Gasteiger partial charge on any atom is 0.0343 e. The van der Waals surface area contributed by atoms with Crippen LogP contribution in [-0.2, 0) is 0 Å². The van der Waals surface area contributed by atoms with E-state index >= 15 is 0 Å². The Morgan fingerprint density at radius 3 is 2.11 bits per heavy atom. The molecule has 0 bridgehead atoms. The summed E-state index contributed by atoms with van der Waals surface area (Å²) < 4.78 is 0. The van der Waals surface area contributed by atoms with Gasteiger partial charge in [-0.05, 0) is 18.6 Å². The molecule has 0 atom stereocenters. The zero-order valence-corrected chi connectivity index (χ0v) is 6.02. The number of nitrogen functional groups attached to an aromatic ring is 1. The molecule has 0 aromatic heterocycles. The predicted octanol–water partition coefficient (Wildman–Crippen LogP) is -1.42. The van der Waals surface area contributed by atoms with Gasteiger partial charge in [0.15, 0.2) is 0 Å². The van der Waals surface area contributed by atoms with Crippen molar-refractivity contribution in [1.29, 1.82) is 0 Å². The van der Waals surface area contributed by atoms with Crippen molar-refractivity contribution < 1.29 is 12.4 Å². The van der Waals surface area contributed by atoms with Crippen LogP contribution in [0.4, 0.5) is 5.69 Å². The molecule has 1 rings (SSSR count). The van der Waals surface area contributed by atoms with Crippen LogP contribution in [0.5, 0.6) is 0 Å². The van der Waals surface area contributed by atoms with Gasteiger partial charge in [0, 0.05) is 5.69 Å². The molecule has 0 amide bonds. The van der Waals surface area contributed by atoms with E-state index in [0.29, 0.717) is 0 Å². The highest BCUT2D eigenvalue weighted by atomic mass is 35.5. The fourth-order valence-electron chi connectivity index (χ4n) is 0.587. The van der Waals surface area contributed by atoms with Crippen molar-refractivity contribution in [2.45, 2.75) is 6.92 Å². The van der Waals surface area contributed by atoms with E-state index in [4.69, 9.17) is 5.73 Å². The Hall–Kier alpha value is -0.690. The van der Waals surface area contributed by atoms with E-state index in [1.54, 1.807) is 0 Å². The number of hydrogen-bond donors (Lipinski definition) is 1. The normalized spacial score (nSPS) is 8.11. The summed E-state index contributed by atoms with van der Waals surface area (Å²) in [5.41, 5.74) is 7.53. The standard InChI is InChI=1S/C7H9N.ClH/c1-6-4-2-3-5-7(6)8;/h2-5H,8H2,1H3;1H/p-1. The number of nitrogens with two attached hydrogens (primary N) is 1. The van der Waals surface area contributed by atoms with E-state index in [9.17, 15) is 0 Å². The molecule has 1 aromatic rings. The minimum Gasteiger partial charge on any atom is -1.00 e. The molecule has 1 aromatic carbocycles. The first-order valence-electron chi connectivity index (χ1n) is 2.62. The monoisotopic (exact) mass is 142 g/mol. The van der Waals surface area contributed by atoms with Gasteiger partial charge in [0.25, 0.3) is 0 Å². The number of anilines is 1. The van der Waals surface area contributed by atoms with Crippen LogP contribution in [0, 0.1) is 6.92 Å². The Morgan fingerprint density at radius 1 is 1.22 bits per heavy atom. The van der Waals surface area contributed by atoms with Gasteiger partial charge in [0.2, 0.25) is 0 Å². The maximum atomic E-state index is 5.52. The first-order valence-corrected chi connectivity index (χ1v) is 2.62. The molecule has 0 saturated heterocycles. The van der Waals surface area contributed by atoms with Crippen molar-refractivity contribution >= 4 is 5.69 Å². The van der Waals surface area contributed by atoms with Gasteiger partial charge in [-0.2, -0.15) is 0 Å². The molecule has 0 aliphatic rings. The highest BCUT2D eigenvalue weighted by molar-refractivity contribution is 5.44. The number of aryl methyl sites for hydroxylation is 1. The van der Waals surface area contributed by atoms with Crippen LogP contribution in [0.1, 0.15) is 5.56 Å². The average molecular weight is 143 g/mol. The molecule has 0 radical (unpaired) electrons. The summed E-state index contributed by atoms with van der Waals surface area (Å²) in [5, 5.41) is 0. The summed E-state index contributed by atoms with van der Waals surface area (Å²) in [6.45, 7) is 2.00.